The van der Waals surface area contributed by atoms with E-state index in [1.54, 1.807) is 24.4 Å². The zero-order valence-corrected chi connectivity index (χ0v) is 14.4. The molecular formula is C16H21F3N2O4. The maximum absolute atomic E-state index is 13.8. The summed E-state index contributed by atoms with van der Waals surface area (Å²) in [5.74, 6) is -1.69. The lowest BCUT2D eigenvalue weighted by Crippen LogP contribution is -2.69. The Morgan fingerprint density at radius 3 is 2.28 bits per heavy atom. The van der Waals surface area contributed by atoms with E-state index >= 15 is 0 Å². The molecule has 0 saturated carbocycles. The van der Waals surface area contributed by atoms with E-state index in [1.165, 1.54) is 32.9 Å². The summed E-state index contributed by atoms with van der Waals surface area (Å²) in [7, 11) is 0. The lowest BCUT2D eigenvalue weighted by molar-refractivity contribution is -0.205. The number of esters is 1. The second-order valence-corrected chi connectivity index (χ2v) is 5.49. The summed E-state index contributed by atoms with van der Waals surface area (Å²) in [5.41, 5.74) is -3.03. The van der Waals surface area contributed by atoms with E-state index in [-0.39, 0.29) is 12.3 Å². The van der Waals surface area contributed by atoms with Crippen LogP contribution in [0.3, 0.4) is 0 Å². The molecule has 0 radical (unpaired) electrons. The summed E-state index contributed by atoms with van der Waals surface area (Å²) in [5, 5.41) is 3.67. The Hall–Kier alpha value is -2.45. The molecule has 0 unspecified atom stereocenters. The number of hydrogen-bond donors (Lipinski definition) is 2. The molecule has 2 N–H and O–H groups in total. The van der Waals surface area contributed by atoms with E-state index in [9.17, 15) is 22.8 Å². The molecule has 9 heteroatoms. The fraction of sp³-hybridized carbons (Fsp3) is 0.500. The molecule has 1 aromatic rings. The van der Waals surface area contributed by atoms with E-state index in [2.05, 4.69) is 10.1 Å². The summed E-state index contributed by atoms with van der Waals surface area (Å²) >= 11 is 0. The van der Waals surface area contributed by atoms with Crippen LogP contribution < -0.4 is 10.6 Å². The third-order valence-corrected chi connectivity index (χ3v) is 3.11. The second kappa shape index (κ2) is 8.09. The highest BCUT2D eigenvalue weighted by atomic mass is 19.4. The van der Waals surface area contributed by atoms with E-state index in [0.29, 0.717) is 5.56 Å². The standard InChI is InChI=1S/C16H21F3N2O4/c1-5-24-13(22)15(16(17,18)19,21-14(23)25-10(2)3)20-12-9-7-6-8-11(12)4/h6-10,20H,5H2,1-4H3,(H,21,23)/t15-/m1/s1. The van der Waals surface area contributed by atoms with Crippen molar-refractivity contribution in [2.45, 2.75) is 45.6 Å². The van der Waals surface area contributed by atoms with Gasteiger partial charge in [0.25, 0.3) is 0 Å². The lowest BCUT2D eigenvalue weighted by Gasteiger charge is -2.35. The van der Waals surface area contributed by atoms with E-state index in [1.807, 2.05) is 0 Å². The number of alkyl carbamates (subject to hydrolysis) is 1. The van der Waals surface area contributed by atoms with Gasteiger partial charge < -0.3 is 14.8 Å². The van der Waals surface area contributed by atoms with Crippen LogP contribution in [-0.4, -0.2) is 36.6 Å². The van der Waals surface area contributed by atoms with Gasteiger partial charge in [-0.25, -0.2) is 9.59 Å². The topological polar surface area (TPSA) is 76.7 Å². The van der Waals surface area contributed by atoms with Gasteiger partial charge in [-0.15, -0.1) is 0 Å². The summed E-state index contributed by atoms with van der Waals surface area (Å²) in [6.07, 6.45) is -7.27. The molecule has 0 heterocycles. The highest BCUT2D eigenvalue weighted by Crippen LogP contribution is 2.34. The molecule has 0 aromatic heterocycles. The van der Waals surface area contributed by atoms with Gasteiger partial charge in [-0.05, 0) is 39.3 Å². The van der Waals surface area contributed by atoms with Crippen molar-refractivity contribution in [2.75, 3.05) is 11.9 Å². The molecule has 0 aliphatic heterocycles. The fourth-order valence-electron chi connectivity index (χ4n) is 1.94. The predicted molar refractivity (Wildman–Crippen MR) is 85.0 cm³/mol. The predicted octanol–water partition coefficient (Wildman–Crippen LogP) is 3.36. The molecular weight excluding hydrogens is 341 g/mol. The number of halogens is 3. The van der Waals surface area contributed by atoms with Crippen LogP contribution in [0.25, 0.3) is 0 Å². The maximum Gasteiger partial charge on any atom is 0.442 e. The molecule has 0 bridgehead atoms. The van der Waals surface area contributed by atoms with Crippen LogP contribution in [0.2, 0.25) is 0 Å². The number of nitrogens with one attached hydrogen (secondary N) is 2. The van der Waals surface area contributed by atoms with Crippen LogP contribution in [0.5, 0.6) is 0 Å². The van der Waals surface area contributed by atoms with Gasteiger partial charge in [-0.3, -0.25) is 5.32 Å². The van der Waals surface area contributed by atoms with Gasteiger partial charge in [0, 0.05) is 5.69 Å². The minimum absolute atomic E-state index is 0.0118. The van der Waals surface area contributed by atoms with E-state index in [4.69, 9.17) is 4.74 Å². The number of carbonyl (C=O) groups is 2. The number of benzene rings is 1. The fourth-order valence-corrected chi connectivity index (χ4v) is 1.94. The van der Waals surface area contributed by atoms with Crippen molar-refractivity contribution in [3.63, 3.8) is 0 Å². The molecule has 0 fully saturated rings. The molecule has 0 aliphatic rings. The van der Waals surface area contributed by atoms with Crippen molar-refractivity contribution in [2.24, 2.45) is 0 Å². The summed E-state index contributed by atoms with van der Waals surface area (Å²) in [6, 6.07) is 6.03. The number of carbonyl (C=O) groups excluding carboxylic acids is 2. The Bertz CT molecular complexity index is 620. The SMILES string of the molecule is CCOC(=O)[C@](NC(=O)OC(C)C)(Nc1ccccc1C)C(F)(F)F. The smallest absolute Gasteiger partial charge is 0.442 e. The molecule has 0 spiro atoms. The number of ether oxygens (including phenoxy) is 2. The minimum Gasteiger partial charge on any atom is -0.463 e. The Kier molecular flexibility index (Phi) is 6.66. The van der Waals surface area contributed by atoms with Crippen LogP contribution in [0.15, 0.2) is 24.3 Å². The van der Waals surface area contributed by atoms with Gasteiger partial charge in [0.2, 0.25) is 0 Å². The molecule has 1 rings (SSSR count). The highest BCUT2D eigenvalue weighted by molar-refractivity contribution is 5.89. The van der Waals surface area contributed by atoms with Crippen molar-refractivity contribution in [1.29, 1.82) is 0 Å². The third-order valence-electron chi connectivity index (χ3n) is 3.11. The maximum atomic E-state index is 13.8. The Balaban J connectivity index is 3.37. The Morgan fingerprint density at radius 1 is 1.20 bits per heavy atom. The van der Waals surface area contributed by atoms with Gasteiger partial charge in [0.05, 0.1) is 12.7 Å². The van der Waals surface area contributed by atoms with E-state index < -0.39 is 30.0 Å². The first-order valence-electron chi connectivity index (χ1n) is 7.60. The summed E-state index contributed by atoms with van der Waals surface area (Å²) in [6.45, 7) is 5.55. The van der Waals surface area contributed by atoms with Gasteiger partial charge in [0.15, 0.2) is 0 Å². The largest absolute Gasteiger partial charge is 0.463 e. The van der Waals surface area contributed by atoms with Gasteiger partial charge in [0.1, 0.15) is 0 Å². The van der Waals surface area contributed by atoms with Gasteiger partial charge in [-0.2, -0.15) is 13.2 Å². The minimum atomic E-state index is -5.20. The molecule has 1 atom stereocenters. The summed E-state index contributed by atoms with van der Waals surface area (Å²) in [4.78, 5) is 24.0. The Morgan fingerprint density at radius 2 is 1.80 bits per heavy atom. The molecule has 0 aliphatic carbocycles. The molecule has 1 amide bonds. The molecule has 140 valence electrons. The van der Waals surface area contributed by atoms with Crippen LogP contribution in [0.1, 0.15) is 26.3 Å². The van der Waals surface area contributed by atoms with Crippen molar-refractivity contribution < 1.29 is 32.2 Å². The first kappa shape index (κ1) is 20.6. The number of anilines is 1. The van der Waals surface area contributed by atoms with Gasteiger partial charge >= 0.3 is 23.9 Å². The van der Waals surface area contributed by atoms with Gasteiger partial charge in [-0.1, -0.05) is 18.2 Å². The average molecular weight is 362 g/mol. The number of para-hydroxylation sites is 1. The average Bonchev–Trinajstić information content (AvgIpc) is 2.46. The zero-order valence-electron chi connectivity index (χ0n) is 14.4. The first-order valence-corrected chi connectivity index (χ1v) is 7.60. The van der Waals surface area contributed by atoms with Crippen molar-refractivity contribution in [3.8, 4) is 0 Å². The number of amides is 1. The van der Waals surface area contributed by atoms with Crippen molar-refractivity contribution >= 4 is 17.7 Å². The second-order valence-electron chi connectivity index (χ2n) is 5.49. The molecule has 1 aromatic carbocycles. The first-order chi connectivity index (χ1) is 11.5. The lowest BCUT2D eigenvalue weighted by atomic mass is 10.1. The van der Waals surface area contributed by atoms with Crippen molar-refractivity contribution in [3.05, 3.63) is 29.8 Å². The summed E-state index contributed by atoms with van der Waals surface area (Å²) < 4.78 is 50.8. The van der Waals surface area contributed by atoms with Crippen LogP contribution in [-0.2, 0) is 14.3 Å². The van der Waals surface area contributed by atoms with E-state index in [0.717, 1.165) is 0 Å². The number of hydrogen-bond acceptors (Lipinski definition) is 5. The molecule has 6 nitrogen and oxygen atoms in total. The normalized spacial score (nSPS) is 13.8. The third kappa shape index (κ3) is 5.01. The quantitative estimate of drug-likeness (QED) is 0.599. The Labute approximate surface area is 143 Å². The zero-order chi connectivity index (χ0) is 19.3. The van der Waals surface area contributed by atoms with Crippen LogP contribution in [0.4, 0.5) is 23.7 Å². The number of aryl methyl sites for hydroxylation is 1. The number of alkyl halides is 3. The highest BCUT2D eigenvalue weighted by Gasteiger charge is 2.64. The van der Waals surface area contributed by atoms with Crippen molar-refractivity contribution in [1.82, 2.24) is 5.32 Å². The molecule has 25 heavy (non-hydrogen) atoms. The van der Waals surface area contributed by atoms with Crippen LogP contribution >= 0.6 is 0 Å². The molecule has 0 saturated heterocycles. The number of rotatable bonds is 6. The van der Waals surface area contributed by atoms with Crippen LogP contribution in [0, 0.1) is 6.92 Å². The monoisotopic (exact) mass is 362 g/mol.